The van der Waals surface area contributed by atoms with Crippen LogP contribution in [0.25, 0.3) is 37.1 Å². The molecule has 0 spiro atoms. The molecule has 32 heavy (non-hydrogen) atoms. The van der Waals surface area contributed by atoms with Crippen LogP contribution in [0.15, 0.2) is 103 Å². The van der Waals surface area contributed by atoms with Crippen molar-refractivity contribution in [1.29, 1.82) is 0 Å². The van der Waals surface area contributed by atoms with Crippen molar-refractivity contribution in [1.82, 2.24) is 0 Å². The third-order valence-corrected chi connectivity index (χ3v) is 8.27. The average molecular weight is 640 g/mol. The molecular formula is C28H23Cl2HfP. The first-order valence-corrected chi connectivity index (χ1v) is 11.4. The van der Waals surface area contributed by atoms with Crippen LogP contribution < -0.4 is 24.8 Å². The molecule has 6 rings (SSSR count). The molecule has 5 aromatic carbocycles. The molecule has 0 saturated heterocycles. The number of hydrogen-bond donors (Lipinski definition) is 0. The van der Waals surface area contributed by atoms with Crippen molar-refractivity contribution in [3.8, 4) is 5.30 Å². The Hall–Kier alpha value is -1.63. The summed E-state index contributed by atoms with van der Waals surface area (Å²) in [5, 5.41) is 9.98. The Bertz CT molecular complexity index is 1340. The van der Waals surface area contributed by atoms with E-state index in [1.165, 1.54) is 48.2 Å². The second-order valence-electron chi connectivity index (χ2n) is 7.60. The molecule has 0 fully saturated rings. The molecule has 158 valence electrons. The molecule has 0 saturated carbocycles. The van der Waals surface area contributed by atoms with Gasteiger partial charge in [-0.05, 0) is 10.8 Å². The van der Waals surface area contributed by atoms with E-state index in [1.54, 1.807) is 0 Å². The van der Waals surface area contributed by atoms with Gasteiger partial charge in [-0.15, -0.1) is 35.0 Å². The number of benzene rings is 3. The van der Waals surface area contributed by atoms with Crippen molar-refractivity contribution < 1.29 is 50.7 Å². The van der Waals surface area contributed by atoms with Gasteiger partial charge in [-0.3, -0.25) is 0 Å². The number of aryl methyl sites for hydroxylation is 2. The van der Waals surface area contributed by atoms with E-state index in [9.17, 15) is 0 Å². The number of rotatable bonds is 1. The molecular weight excluding hydrogens is 617 g/mol. The maximum Gasteiger partial charge on any atom is 4.00 e. The fraction of sp³-hybridized carbons (Fsp3) is 0.0714. The first-order valence-electron chi connectivity index (χ1n) is 10.1. The second-order valence-corrected chi connectivity index (χ2v) is 9.75. The van der Waals surface area contributed by atoms with Gasteiger partial charge in [-0.25, -0.2) is 12.1 Å². The summed E-state index contributed by atoms with van der Waals surface area (Å²) >= 11 is 0. The van der Waals surface area contributed by atoms with E-state index in [4.69, 9.17) is 0 Å². The van der Waals surface area contributed by atoms with Gasteiger partial charge in [-0.2, -0.15) is 23.3 Å². The van der Waals surface area contributed by atoms with Gasteiger partial charge in [0, 0.05) is 10.2 Å². The fourth-order valence-electron chi connectivity index (χ4n) is 4.06. The minimum atomic E-state index is -0.419. The molecule has 0 N–H and O–H groups in total. The van der Waals surface area contributed by atoms with E-state index in [2.05, 4.69) is 117 Å². The Labute approximate surface area is 222 Å². The van der Waals surface area contributed by atoms with E-state index >= 15 is 0 Å². The molecule has 0 aliphatic heterocycles. The third kappa shape index (κ3) is 4.97. The zero-order valence-corrected chi connectivity index (χ0v) is 24.0. The molecule has 6 aromatic rings. The predicted molar refractivity (Wildman–Crippen MR) is 130 cm³/mol. The van der Waals surface area contributed by atoms with Crippen LogP contribution in [0.3, 0.4) is 0 Å². The van der Waals surface area contributed by atoms with Gasteiger partial charge in [0.1, 0.15) is 0 Å². The summed E-state index contributed by atoms with van der Waals surface area (Å²) in [6.07, 6.45) is 0. The van der Waals surface area contributed by atoms with Crippen LogP contribution in [0.2, 0.25) is 0 Å². The van der Waals surface area contributed by atoms with Crippen molar-refractivity contribution in [3.05, 3.63) is 114 Å². The number of hydrogen-bond acceptors (Lipinski definition) is 0. The van der Waals surface area contributed by atoms with Gasteiger partial charge < -0.3 is 24.8 Å². The molecule has 0 radical (unpaired) electrons. The Morgan fingerprint density at radius 3 is 1.78 bits per heavy atom. The van der Waals surface area contributed by atoms with Crippen LogP contribution in [0.4, 0.5) is 0 Å². The fourth-order valence-corrected chi connectivity index (χ4v) is 6.76. The van der Waals surface area contributed by atoms with E-state index in [1.807, 2.05) is 0 Å². The van der Waals surface area contributed by atoms with Crippen molar-refractivity contribution in [2.24, 2.45) is 0 Å². The molecule has 0 unspecified atom stereocenters. The van der Waals surface area contributed by atoms with Gasteiger partial charge in [0.15, 0.2) is 0 Å². The smallest absolute Gasteiger partial charge is 1.00 e. The summed E-state index contributed by atoms with van der Waals surface area (Å²) in [5.41, 5.74) is 2.78. The Balaban J connectivity index is 0.000000317. The summed E-state index contributed by atoms with van der Waals surface area (Å²) in [7, 11) is -0.419. The van der Waals surface area contributed by atoms with Crippen LogP contribution in [0, 0.1) is 13.8 Å². The van der Waals surface area contributed by atoms with Gasteiger partial charge >= 0.3 is 25.8 Å². The van der Waals surface area contributed by atoms with Crippen LogP contribution in [-0.2, 0) is 25.8 Å². The second kappa shape index (κ2) is 11.5. The quantitative estimate of drug-likeness (QED) is 0.192. The van der Waals surface area contributed by atoms with Crippen molar-refractivity contribution in [2.75, 3.05) is 0 Å². The maximum atomic E-state index is 2.37. The zero-order chi connectivity index (χ0) is 19.8. The van der Waals surface area contributed by atoms with Gasteiger partial charge in [0.2, 0.25) is 0 Å². The number of fused-ring (bicyclic) bond motifs is 4. The summed E-state index contributed by atoms with van der Waals surface area (Å²) in [6, 6.07) is 37.5. The monoisotopic (exact) mass is 640 g/mol. The minimum absolute atomic E-state index is 0. The molecule has 0 amide bonds. The average Bonchev–Trinajstić information content (AvgIpc) is 3.43. The summed E-state index contributed by atoms with van der Waals surface area (Å²) in [6.45, 7) is 4.24. The van der Waals surface area contributed by atoms with E-state index in [0.717, 1.165) is 0 Å². The van der Waals surface area contributed by atoms with Crippen LogP contribution in [-0.4, -0.2) is 0 Å². The molecule has 1 aromatic heterocycles. The van der Waals surface area contributed by atoms with E-state index in [-0.39, 0.29) is 50.7 Å². The summed E-state index contributed by atoms with van der Waals surface area (Å²) < 4.78 is 0. The Morgan fingerprint density at radius 1 is 0.719 bits per heavy atom. The number of halogens is 2. The SMILES string of the molecule is Cc1ccc[c-]1C.[Cl-].[Cl-].[Hf+4].c1ccc2[cH-]c(-p3c4ccccc4c4ccccc43)cc2c1. The summed E-state index contributed by atoms with van der Waals surface area (Å²) in [5.74, 6) is 0. The van der Waals surface area contributed by atoms with Gasteiger partial charge in [-0.1, -0.05) is 81.3 Å². The normalized spacial score (nSPS) is 10.1. The molecule has 0 bridgehead atoms. The molecule has 1 heterocycles. The van der Waals surface area contributed by atoms with Crippen molar-refractivity contribution >= 4 is 39.3 Å². The Morgan fingerprint density at radius 2 is 1.28 bits per heavy atom. The van der Waals surface area contributed by atoms with Crippen molar-refractivity contribution in [3.63, 3.8) is 0 Å². The predicted octanol–water partition coefficient (Wildman–Crippen LogP) is 2.87. The first-order chi connectivity index (χ1) is 14.2. The van der Waals surface area contributed by atoms with E-state index in [0.29, 0.717) is 0 Å². The molecule has 0 aliphatic rings. The largest absolute Gasteiger partial charge is 4.00 e. The van der Waals surface area contributed by atoms with Crippen LogP contribution >= 0.6 is 7.53 Å². The van der Waals surface area contributed by atoms with Gasteiger partial charge in [0.25, 0.3) is 0 Å². The van der Waals surface area contributed by atoms with E-state index < -0.39 is 7.53 Å². The zero-order valence-electron chi connectivity index (χ0n) is 18.0. The molecule has 0 aliphatic carbocycles. The maximum absolute atomic E-state index is 2.37. The van der Waals surface area contributed by atoms with Crippen LogP contribution in [0.1, 0.15) is 11.1 Å². The Kier molecular flexibility index (Phi) is 9.55. The molecule has 0 atom stereocenters. The standard InChI is InChI=1S/C21H14P.C7H9.2ClH.Hf/c1-2-8-16-14-17(13-15(16)7-1)22-20-11-5-3-9-18(20)19-10-4-6-12-21(19)22;1-6-4-3-5-7(6)2;;;/h1-14H;3-5H,1-2H3;2*1H;/q2*-1;;;+4/p-2. The molecule has 4 heteroatoms. The summed E-state index contributed by atoms with van der Waals surface area (Å²) in [4.78, 5) is 0. The molecule has 0 nitrogen and oxygen atoms in total. The topological polar surface area (TPSA) is 0 Å². The van der Waals surface area contributed by atoms with Crippen molar-refractivity contribution in [2.45, 2.75) is 13.8 Å². The first kappa shape index (κ1) is 26.6. The third-order valence-electron chi connectivity index (χ3n) is 5.76. The van der Waals surface area contributed by atoms with Gasteiger partial charge in [0.05, 0.1) is 0 Å². The van der Waals surface area contributed by atoms with Crippen LogP contribution in [0.5, 0.6) is 0 Å². The minimum Gasteiger partial charge on any atom is -1.00 e.